The summed E-state index contributed by atoms with van der Waals surface area (Å²) in [5.41, 5.74) is 1.01. The van der Waals surface area contributed by atoms with E-state index < -0.39 is 39.5 Å². The van der Waals surface area contributed by atoms with Gasteiger partial charge in [0, 0.05) is 24.2 Å². The largest absolute Gasteiger partial charge is 0.449 e. The molecule has 3 rings (SSSR count). The lowest BCUT2D eigenvalue weighted by molar-refractivity contribution is 0.105. The highest BCUT2D eigenvalue weighted by Gasteiger charge is 2.33. The highest BCUT2D eigenvalue weighted by atomic mass is 35.5. The van der Waals surface area contributed by atoms with Crippen LogP contribution >= 0.6 is 11.6 Å². The maximum Gasteiger partial charge on any atom is 0.409 e. The fourth-order valence-electron chi connectivity index (χ4n) is 4.21. The van der Waals surface area contributed by atoms with E-state index in [9.17, 15) is 17.6 Å². The first-order chi connectivity index (χ1) is 18.1. The van der Waals surface area contributed by atoms with Crippen LogP contribution in [0.25, 0.3) is 0 Å². The Labute approximate surface area is 227 Å². The van der Waals surface area contributed by atoms with E-state index in [1.165, 1.54) is 24.3 Å². The zero-order valence-corrected chi connectivity index (χ0v) is 23.1. The first kappa shape index (κ1) is 29.4. The smallest absolute Gasteiger partial charge is 0.409 e. The van der Waals surface area contributed by atoms with Gasteiger partial charge in [0.15, 0.2) is 0 Å². The van der Waals surface area contributed by atoms with Gasteiger partial charge in [-0.1, -0.05) is 35.9 Å². The Hall–Kier alpha value is -3.17. The Morgan fingerprint density at radius 3 is 2.32 bits per heavy atom. The van der Waals surface area contributed by atoms with Gasteiger partial charge in [0.1, 0.15) is 11.6 Å². The molecule has 3 aromatic carbocycles. The maximum atomic E-state index is 15.0. The molecular weight excluding hydrogens is 534 g/mol. The maximum absolute atomic E-state index is 15.0. The standard InChI is InChI=1S/C28H31ClF2N2O4S/c1-4-32(5-2)28(34)37-18-8-10-21-9-6-7-11-25(21)20(3)33(27-19-23(30)14-17-26(27)31)38(35,36)24-15-12-22(29)13-16-24/h6-7,9,11-17,19-20H,4-5,8,10,18H2,1-3H3/t20-/m1/s1. The Balaban J connectivity index is 1.95. The lowest BCUT2D eigenvalue weighted by Crippen LogP contribution is -2.35. The van der Waals surface area contributed by atoms with Crippen molar-refractivity contribution in [2.24, 2.45) is 0 Å². The van der Waals surface area contributed by atoms with Crippen molar-refractivity contribution in [3.05, 3.63) is 94.5 Å². The second-order valence-electron chi connectivity index (χ2n) is 8.62. The lowest BCUT2D eigenvalue weighted by atomic mass is 9.97. The van der Waals surface area contributed by atoms with Gasteiger partial charge in [-0.3, -0.25) is 4.31 Å². The first-order valence-corrected chi connectivity index (χ1v) is 14.2. The molecule has 0 aliphatic heterocycles. The minimum Gasteiger partial charge on any atom is -0.449 e. The van der Waals surface area contributed by atoms with Gasteiger partial charge in [-0.15, -0.1) is 0 Å². The number of carbonyl (C=O) groups is 1. The van der Waals surface area contributed by atoms with Crippen LogP contribution in [0, 0.1) is 11.6 Å². The summed E-state index contributed by atoms with van der Waals surface area (Å²) in [4.78, 5) is 13.6. The monoisotopic (exact) mass is 564 g/mol. The topological polar surface area (TPSA) is 66.9 Å². The minimum atomic E-state index is -4.33. The fraction of sp³-hybridized carbons (Fsp3) is 0.321. The molecule has 10 heteroatoms. The van der Waals surface area contributed by atoms with Gasteiger partial charge in [-0.2, -0.15) is 0 Å². The molecule has 0 radical (unpaired) electrons. The lowest BCUT2D eigenvalue weighted by Gasteiger charge is -2.32. The third kappa shape index (κ3) is 6.82. The normalized spacial score (nSPS) is 12.2. The third-order valence-electron chi connectivity index (χ3n) is 6.21. The molecule has 0 saturated heterocycles. The van der Waals surface area contributed by atoms with Crippen LogP contribution in [0.4, 0.5) is 19.3 Å². The predicted octanol–water partition coefficient (Wildman–Crippen LogP) is 6.99. The molecule has 3 aromatic rings. The van der Waals surface area contributed by atoms with E-state index >= 15 is 4.39 Å². The number of aryl methyl sites for hydroxylation is 1. The van der Waals surface area contributed by atoms with Crippen LogP contribution in [0.3, 0.4) is 0 Å². The Morgan fingerprint density at radius 1 is 1.00 bits per heavy atom. The van der Waals surface area contributed by atoms with E-state index in [-0.39, 0.29) is 11.5 Å². The molecule has 0 aliphatic carbocycles. The molecule has 204 valence electrons. The highest BCUT2D eigenvalue weighted by Crippen LogP contribution is 2.37. The van der Waals surface area contributed by atoms with Crippen molar-refractivity contribution in [3.63, 3.8) is 0 Å². The number of hydrogen-bond donors (Lipinski definition) is 0. The first-order valence-electron chi connectivity index (χ1n) is 12.3. The molecule has 0 unspecified atom stereocenters. The van der Waals surface area contributed by atoms with Crippen molar-refractivity contribution in [2.45, 2.75) is 44.6 Å². The SMILES string of the molecule is CCN(CC)C(=O)OCCCc1ccccc1[C@@H](C)N(c1cc(F)ccc1F)S(=O)(=O)c1ccc(Cl)cc1. The van der Waals surface area contributed by atoms with Crippen molar-refractivity contribution in [1.29, 1.82) is 0 Å². The third-order valence-corrected chi connectivity index (χ3v) is 8.36. The van der Waals surface area contributed by atoms with Gasteiger partial charge in [0.05, 0.1) is 23.2 Å². The molecule has 1 amide bonds. The average molecular weight is 565 g/mol. The molecular formula is C28H31ClF2N2O4S. The zero-order valence-electron chi connectivity index (χ0n) is 21.5. The Bertz CT molecular complexity index is 1350. The summed E-state index contributed by atoms with van der Waals surface area (Å²) in [6, 6.07) is 14.5. The summed E-state index contributed by atoms with van der Waals surface area (Å²) in [5.74, 6) is -1.65. The number of sulfonamides is 1. The summed E-state index contributed by atoms with van der Waals surface area (Å²) >= 11 is 5.95. The molecule has 38 heavy (non-hydrogen) atoms. The van der Waals surface area contributed by atoms with Crippen molar-refractivity contribution in [2.75, 3.05) is 24.0 Å². The number of halogens is 3. The van der Waals surface area contributed by atoms with Crippen molar-refractivity contribution < 1.29 is 26.7 Å². The Morgan fingerprint density at radius 2 is 1.66 bits per heavy atom. The Kier molecular flexibility index (Phi) is 10.1. The van der Waals surface area contributed by atoms with Gasteiger partial charge < -0.3 is 9.64 Å². The summed E-state index contributed by atoms with van der Waals surface area (Å²) < 4.78 is 63.1. The van der Waals surface area contributed by atoms with E-state index in [1.807, 2.05) is 26.0 Å². The van der Waals surface area contributed by atoms with Gasteiger partial charge in [-0.05, 0) is 81.1 Å². The number of carbonyl (C=O) groups excluding carboxylic acids is 1. The summed E-state index contributed by atoms with van der Waals surface area (Å²) in [7, 11) is -4.33. The number of nitrogens with zero attached hydrogens (tertiary/aromatic N) is 2. The van der Waals surface area contributed by atoms with Crippen molar-refractivity contribution in [3.8, 4) is 0 Å². The van der Waals surface area contributed by atoms with E-state index in [2.05, 4.69) is 0 Å². The second kappa shape index (κ2) is 13.1. The van der Waals surface area contributed by atoms with Gasteiger partial charge >= 0.3 is 6.09 Å². The fourth-order valence-corrected chi connectivity index (χ4v) is 5.97. The molecule has 0 bridgehead atoms. The van der Waals surface area contributed by atoms with E-state index in [0.29, 0.717) is 36.5 Å². The molecule has 0 fully saturated rings. The van der Waals surface area contributed by atoms with Crippen molar-refractivity contribution >= 4 is 33.4 Å². The number of ether oxygens (including phenoxy) is 1. The summed E-state index contributed by atoms with van der Waals surface area (Å²) in [6.45, 7) is 6.64. The number of hydrogen-bond acceptors (Lipinski definition) is 4. The molecule has 0 saturated carbocycles. The molecule has 0 N–H and O–H groups in total. The molecule has 0 heterocycles. The summed E-state index contributed by atoms with van der Waals surface area (Å²) in [5, 5.41) is 0.340. The number of rotatable bonds is 11. The van der Waals surface area contributed by atoms with Crippen LogP contribution in [-0.2, 0) is 21.2 Å². The predicted molar refractivity (Wildman–Crippen MR) is 145 cm³/mol. The molecule has 0 aliphatic rings. The molecule has 6 nitrogen and oxygen atoms in total. The molecule has 0 spiro atoms. The molecule has 0 aromatic heterocycles. The van der Waals surface area contributed by atoms with E-state index in [4.69, 9.17) is 16.3 Å². The quantitative estimate of drug-likeness (QED) is 0.235. The van der Waals surface area contributed by atoms with Crippen LogP contribution in [0.1, 0.15) is 44.4 Å². The van der Waals surface area contributed by atoms with Crippen LogP contribution in [0.15, 0.2) is 71.6 Å². The number of benzene rings is 3. The number of amides is 1. The second-order valence-corrected chi connectivity index (χ2v) is 10.9. The van der Waals surface area contributed by atoms with Gasteiger partial charge in [0.2, 0.25) is 0 Å². The van der Waals surface area contributed by atoms with Crippen LogP contribution in [0.2, 0.25) is 5.02 Å². The average Bonchev–Trinajstić information content (AvgIpc) is 2.89. The van der Waals surface area contributed by atoms with Crippen LogP contribution in [0.5, 0.6) is 0 Å². The van der Waals surface area contributed by atoms with Gasteiger partial charge in [-0.25, -0.2) is 22.0 Å². The number of anilines is 1. The van der Waals surface area contributed by atoms with E-state index in [0.717, 1.165) is 28.1 Å². The van der Waals surface area contributed by atoms with Crippen LogP contribution in [-0.4, -0.2) is 39.1 Å². The van der Waals surface area contributed by atoms with E-state index in [1.54, 1.807) is 24.0 Å². The zero-order chi connectivity index (χ0) is 27.9. The highest BCUT2D eigenvalue weighted by molar-refractivity contribution is 7.92. The van der Waals surface area contributed by atoms with Crippen molar-refractivity contribution in [1.82, 2.24) is 4.90 Å². The molecule has 1 atom stereocenters. The summed E-state index contributed by atoms with van der Waals surface area (Å²) in [6.07, 6.45) is 0.583. The minimum absolute atomic E-state index is 0.113. The van der Waals surface area contributed by atoms with Crippen LogP contribution < -0.4 is 4.31 Å². The van der Waals surface area contributed by atoms with Gasteiger partial charge in [0.25, 0.3) is 10.0 Å².